The molecule has 1 amide bonds. The molecule has 1 saturated heterocycles. The second-order valence-electron chi connectivity index (χ2n) is 6.73. The normalized spacial score (nSPS) is 16.3. The summed E-state index contributed by atoms with van der Waals surface area (Å²) in [6.45, 7) is 5.64. The minimum Gasteiger partial charge on any atom is -0.454 e. The summed E-state index contributed by atoms with van der Waals surface area (Å²) in [6.07, 6.45) is 0. The third-order valence-electron chi connectivity index (χ3n) is 4.91. The topological polar surface area (TPSA) is 51.2 Å². The number of benzene rings is 2. The molecule has 4 rings (SSSR count). The number of carbonyl (C=O) groups is 1. The first-order valence-electron chi connectivity index (χ1n) is 9.32. The van der Waals surface area contributed by atoms with E-state index in [9.17, 15) is 4.79 Å². The van der Waals surface area contributed by atoms with Crippen LogP contribution in [-0.4, -0.2) is 61.9 Å². The standard InChI is InChI=1S/C21H24N2O4/c24-21(18-4-2-1-3-5-18)23(9-8-22-10-12-25-13-11-22)15-17-6-7-19-20(14-17)27-16-26-19/h1-7,14H,8-13,15-16H2. The molecular weight excluding hydrogens is 344 g/mol. The zero-order valence-corrected chi connectivity index (χ0v) is 15.3. The van der Waals surface area contributed by atoms with Gasteiger partial charge in [-0.1, -0.05) is 24.3 Å². The molecule has 1 fully saturated rings. The zero-order chi connectivity index (χ0) is 18.5. The molecule has 2 aliphatic rings. The van der Waals surface area contributed by atoms with Crippen LogP contribution in [0, 0.1) is 0 Å². The maximum atomic E-state index is 13.1. The van der Waals surface area contributed by atoms with Gasteiger partial charge in [-0.2, -0.15) is 0 Å². The molecule has 2 heterocycles. The smallest absolute Gasteiger partial charge is 0.254 e. The SMILES string of the molecule is O=C(c1ccccc1)N(CCN1CCOCC1)Cc1ccc2c(c1)OCO2. The molecule has 0 bridgehead atoms. The lowest BCUT2D eigenvalue weighted by Gasteiger charge is -2.30. The third kappa shape index (κ3) is 4.40. The van der Waals surface area contributed by atoms with E-state index in [4.69, 9.17) is 14.2 Å². The molecular formula is C21H24N2O4. The predicted octanol–water partition coefficient (Wildman–Crippen LogP) is 2.39. The van der Waals surface area contributed by atoms with Gasteiger partial charge in [-0.25, -0.2) is 0 Å². The average Bonchev–Trinajstić information content (AvgIpc) is 3.20. The lowest BCUT2D eigenvalue weighted by molar-refractivity contribution is 0.0320. The molecule has 0 aromatic heterocycles. The largest absolute Gasteiger partial charge is 0.454 e. The van der Waals surface area contributed by atoms with Crippen LogP contribution in [0.1, 0.15) is 15.9 Å². The summed E-state index contributed by atoms with van der Waals surface area (Å²) < 4.78 is 16.3. The fourth-order valence-corrected chi connectivity index (χ4v) is 3.36. The van der Waals surface area contributed by atoms with Crippen molar-refractivity contribution in [1.29, 1.82) is 0 Å². The van der Waals surface area contributed by atoms with E-state index in [-0.39, 0.29) is 12.7 Å². The van der Waals surface area contributed by atoms with E-state index in [1.165, 1.54) is 0 Å². The quantitative estimate of drug-likeness (QED) is 0.784. The molecule has 0 aliphatic carbocycles. The van der Waals surface area contributed by atoms with Gasteiger partial charge in [0.05, 0.1) is 13.2 Å². The van der Waals surface area contributed by atoms with E-state index < -0.39 is 0 Å². The van der Waals surface area contributed by atoms with Crippen LogP contribution in [0.25, 0.3) is 0 Å². The van der Waals surface area contributed by atoms with Crippen LogP contribution in [-0.2, 0) is 11.3 Å². The van der Waals surface area contributed by atoms with Crippen molar-refractivity contribution >= 4 is 5.91 Å². The van der Waals surface area contributed by atoms with Gasteiger partial charge in [-0.05, 0) is 29.8 Å². The van der Waals surface area contributed by atoms with Gasteiger partial charge in [0.2, 0.25) is 6.79 Å². The van der Waals surface area contributed by atoms with Gasteiger partial charge < -0.3 is 19.1 Å². The van der Waals surface area contributed by atoms with E-state index in [2.05, 4.69) is 4.90 Å². The molecule has 0 spiro atoms. The lowest BCUT2D eigenvalue weighted by atomic mass is 10.1. The minimum absolute atomic E-state index is 0.0431. The number of ether oxygens (including phenoxy) is 3. The zero-order valence-electron chi connectivity index (χ0n) is 15.3. The predicted molar refractivity (Wildman–Crippen MR) is 101 cm³/mol. The third-order valence-corrected chi connectivity index (χ3v) is 4.91. The minimum atomic E-state index is 0.0431. The highest BCUT2D eigenvalue weighted by Gasteiger charge is 2.20. The summed E-state index contributed by atoms with van der Waals surface area (Å²) in [4.78, 5) is 17.3. The summed E-state index contributed by atoms with van der Waals surface area (Å²) in [5.74, 6) is 1.54. The van der Waals surface area contributed by atoms with Gasteiger partial charge in [-0.15, -0.1) is 0 Å². The van der Waals surface area contributed by atoms with Crippen molar-refractivity contribution in [3.05, 3.63) is 59.7 Å². The Balaban J connectivity index is 1.48. The van der Waals surface area contributed by atoms with Gasteiger partial charge >= 0.3 is 0 Å². The molecule has 0 unspecified atom stereocenters. The molecule has 6 nitrogen and oxygen atoms in total. The van der Waals surface area contributed by atoms with Gasteiger partial charge in [0, 0.05) is 38.3 Å². The summed E-state index contributed by atoms with van der Waals surface area (Å²) in [6, 6.07) is 15.3. The van der Waals surface area contributed by atoms with Crippen LogP contribution < -0.4 is 9.47 Å². The molecule has 2 aliphatic heterocycles. The summed E-state index contributed by atoms with van der Waals surface area (Å²) >= 11 is 0. The summed E-state index contributed by atoms with van der Waals surface area (Å²) in [5.41, 5.74) is 1.74. The first-order valence-corrected chi connectivity index (χ1v) is 9.32. The van der Waals surface area contributed by atoms with E-state index in [1.54, 1.807) is 0 Å². The van der Waals surface area contributed by atoms with Crippen molar-refractivity contribution in [3.63, 3.8) is 0 Å². The van der Waals surface area contributed by atoms with E-state index >= 15 is 0 Å². The van der Waals surface area contributed by atoms with E-state index in [0.717, 1.165) is 49.9 Å². The first kappa shape index (κ1) is 17.8. The second kappa shape index (κ2) is 8.41. The Morgan fingerprint density at radius 1 is 1.00 bits per heavy atom. The Morgan fingerprint density at radius 2 is 1.78 bits per heavy atom. The number of carbonyl (C=O) groups excluding carboxylic acids is 1. The molecule has 0 radical (unpaired) electrons. The fraction of sp³-hybridized carbons (Fsp3) is 0.381. The molecule has 6 heteroatoms. The van der Waals surface area contributed by atoms with Gasteiger partial charge in [0.25, 0.3) is 5.91 Å². The van der Waals surface area contributed by atoms with Crippen LogP contribution in [0.5, 0.6) is 11.5 Å². The molecule has 0 atom stereocenters. The van der Waals surface area contributed by atoms with Crippen LogP contribution in [0.2, 0.25) is 0 Å². The highest BCUT2D eigenvalue weighted by Crippen LogP contribution is 2.32. The number of fused-ring (bicyclic) bond motifs is 1. The molecule has 0 saturated carbocycles. The van der Waals surface area contributed by atoms with Crippen LogP contribution in [0.3, 0.4) is 0 Å². The van der Waals surface area contributed by atoms with Crippen LogP contribution >= 0.6 is 0 Å². The number of hydrogen-bond acceptors (Lipinski definition) is 5. The van der Waals surface area contributed by atoms with Crippen molar-refractivity contribution in [2.75, 3.05) is 46.2 Å². The van der Waals surface area contributed by atoms with Gasteiger partial charge in [-0.3, -0.25) is 9.69 Å². The summed E-state index contributed by atoms with van der Waals surface area (Å²) in [7, 11) is 0. The molecule has 0 N–H and O–H groups in total. The second-order valence-corrected chi connectivity index (χ2v) is 6.73. The Kier molecular flexibility index (Phi) is 5.55. The highest BCUT2D eigenvalue weighted by molar-refractivity contribution is 5.94. The number of morpholine rings is 1. The lowest BCUT2D eigenvalue weighted by Crippen LogP contribution is -2.42. The van der Waals surface area contributed by atoms with Crippen molar-refractivity contribution in [2.45, 2.75) is 6.54 Å². The van der Waals surface area contributed by atoms with Crippen molar-refractivity contribution < 1.29 is 19.0 Å². The molecule has 142 valence electrons. The first-order chi connectivity index (χ1) is 13.3. The van der Waals surface area contributed by atoms with Crippen molar-refractivity contribution in [1.82, 2.24) is 9.80 Å². The summed E-state index contributed by atoms with van der Waals surface area (Å²) in [5, 5.41) is 0. The van der Waals surface area contributed by atoms with E-state index in [1.807, 2.05) is 53.4 Å². The molecule has 2 aromatic carbocycles. The number of hydrogen-bond donors (Lipinski definition) is 0. The van der Waals surface area contributed by atoms with Crippen molar-refractivity contribution in [3.8, 4) is 11.5 Å². The van der Waals surface area contributed by atoms with E-state index in [0.29, 0.717) is 18.7 Å². The molecule has 2 aromatic rings. The Bertz CT molecular complexity index is 775. The maximum absolute atomic E-state index is 13.1. The number of rotatable bonds is 6. The Hall–Kier alpha value is -2.57. The van der Waals surface area contributed by atoms with Gasteiger partial charge in [0.1, 0.15) is 0 Å². The Labute approximate surface area is 159 Å². The van der Waals surface area contributed by atoms with Crippen LogP contribution in [0.15, 0.2) is 48.5 Å². The number of amides is 1. The maximum Gasteiger partial charge on any atom is 0.254 e. The average molecular weight is 368 g/mol. The van der Waals surface area contributed by atoms with Crippen molar-refractivity contribution in [2.24, 2.45) is 0 Å². The van der Waals surface area contributed by atoms with Gasteiger partial charge in [0.15, 0.2) is 11.5 Å². The number of nitrogens with zero attached hydrogens (tertiary/aromatic N) is 2. The highest BCUT2D eigenvalue weighted by atomic mass is 16.7. The Morgan fingerprint density at radius 3 is 2.59 bits per heavy atom. The fourth-order valence-electron chi connectivity index (χ4n) is 3.36. The monoisotopic (exact) mass is 368 g/mol. The molecule has 27 heavy (non-hydrogen) atoms. The van der Waals surface area contributed by atoms with Crippen LogP contribution in [0.4, 0.5) is 0 Å².